The molecule has 2 fully saturated rings. The number of primary amides is 1. The molecule has 3 N–H and O–H groups in total. The number of hydrogen-bond acceptors (Lipinski definition) is 5. The molecule has 0 unspecified atom stereocenters. The van der Waals surface area contributed by atoms with Crippen LogP contribution in [-0.4, -0.2) is 34.0 Å². The van der Waals surface area contributed by atoms with Crippen LogP contribution < -0.4 is 15.8 Å². The smallest absolute Gasteiger partial charge is 0.312 e. The number of nitrogens with one attached hydrogen (secondary N) is 1. The van der Waals surface area contributed by atoms with Gasteiger partial charge in [-0.05, 0) is 61.6 Å². The van der Waals surface area contributed by atoms with Gasteiger partial charge in [0.25, 0.3) is 5.19 Å². The normalized spacial score (nSPS) is 23.6. The minimum atomic E-state index is -0.417. The van der Waals surface area contributed by atoms with Gasteiger partial charge in [0.2, 0.25) is 0 Å². The number of carbonyl (C=O) groups excluding carboxylic acids is 1. The number of benzene rings is 2. The zero-order valence-corrected chi connectivity index (χ0v) is 18.0. The third kappa shape index (κ3) is 4.10. The summed E-state index contributed by atoms with van der Waals surface area (Å²) in [6.45, 7) is 0.915. The van der Waals surface area contributed by atoms with Crippen LogP contribution in [0.1, 0.15) is 31.2 Å². The third-order valence-electron chi connectivity index (χ3n) is 6.05. The van der Waals surface area contributed by atoms with Crippen LogP contribution in [-0.2, 0) is 6.54 Å². The molecule has 3 heterocycles. The Morgan fingerprint density at radius 3 is 2.63 bits per heavy atom. The van der Waals surface area contributed by atoms with Gasteiger partial charge in [0.15, 0.2) is 0 Å². The summed E-state index contributed by atoms with van der Waals surface area (Å²) < 4.78 is 7.00. The lowest BCUT2D eigenvalue weighted by Gasteiger charge is -2.39. The Hall–Kier alpha value is -2.35. The fraction of sp³-hybridized carbons (Fsp3) is 0.364. The molecule has 156 valence electrons. The van der Waals surface area contributed by atoms with Crippen LogP contribution >= 0.6 is 22.9 Å². The highest BCUT2D eigenvalue weighted by atomic mass is 35.5. The topological polar surface area (TPSA) is 80.5 Å². The minimum absolute atomic E-state index is 0.204. The van der Waals surface area contributed by atoms with Crippen molar-refractivity contribution in [2.45, 2.75) is 50.4 Å². The fourth-order valence-electron chi connectivity index (χ4n) is 4.75. The van der Waals surface area contributed by atoms with Gasteiger partial charge in [0.05, 0.1) is 10.2 Å². The number of amides is 2. The number of fused-ring (bicyclic) bond motifs is 3. The first-order valence-corrected chi connectivity index (χ1v) is 11.4. The van der Waals surface area contributed by atoms with Crippen molar-refractivity contribution < 1.29 is 9.53 Å². The zero-order valence-electron chi connectivity index (χ0n) is 16.4. The SMILES string of the molecule is NC(=O)N[C@H]1C[C@H]2CC[C@@H](C1)N2Cc1ccc(Oc2nc3cc(Cl)ccc3s2)cc1. The molecule has 2 bridgehead atoms. The number of aromatic nitrogens is 1. The molecular weight excluding hydrogens is 420 g/mol. The summed E-state index contributed by atoms with van der Waals surface area (Å²) in [5.74, 6) is 0.774. The highest BCUT2D eigenvalue weighted by molar-refractivity contribution is 7.20. The first-order valence-electron chi connectivity index (χ1n) is 10.2. The summed E-state index contributed by atoms with van der Waals surface area (Å²) in [7, 11) is 0. The Kier molecular flexibility index (Phi) is 5.26. The molecule has 0 aliphatic carbocycles. The van der Waals surface area contributed by atoms with E-state index in [0.29, 0.717) is 22.3 Å². The lowest BCUT2D eigenvalue weighted by atomic mass is 9.96. The first kappa shape index (κ1) is 19.6. The average molecular weight is 443 g/mol. The molecule has 5 rings (SSSR count). The molecule has 3 atom stereocenters. The maximum absolute atomic E-state index is 11.2. The standard InChI is InChI=1S/C22H23ClN4O2S/c23-14-3-8-20-19(9-14)26-22(30-20)29-18-6-1-13(2-7-18)12-27-16-4-5-17(27)11-15(10-16)25-21(24)28/h1-3,6-9,15-17H,4-5,10-12H2,(H3,24,25,28)/t15-,16+,17-. The van der Waals surface area contributed by atoms with Gasteiger partial charge in [-0.15, -0.1) is 0 Å². The summed E-state index contributed by atoms with van der Waals surface area (Å²) in [4.78, 5) is 18.3. The predicted molar refractivity (Wildman–Crippen MR) is 119 cm³/mol. The van der Waals surface area contributed by atoms with E-state index in [9.17, 15) is 4.79 Å². The van der Waals surface area contributed by atoms with Crippen LogP contribution in [0.25, 0.3) is 10.2 Å². The van der Waals surface area contributed by atoms with Crippen LogP contribution in [0.15, 0.2) is 42.5 Å². The molecule has 0 spiro atoms. The maximum atomic E-state index is 11.2. The number of ether oxygens (including phenoxy) is 1. The van der Waals surface area contributed by atoms with Crippen LogP contribution in [0.3, 0.4) is 0 Å². The molecule has 2 amide bonds. The van der Waals surface area contributed by atoms with Gasteiger partial charge in [-0.2, -0.15) is 0 Å². The Labute approximate surface area is 184 Å². The van der Waals surface area contributed by atoms with E-state index in [2.05, 4.69) is 27.3 Å². The van der Waals surface area contributed by atoms with Crippen molar-refractivity contribution in [3.05, 3.63) is 53.1 Å². The number of hydrogen-bond donors (Lipinski definition) is 2. The van der Waals surface area contributed by atoms with Gasteiger partial charge < -0.3 is 15.8 Å². The number of urea groups is 1. The highest BCUT2D eigenvalue weighted by Crippen LogP contribution is 2.37. The van der Waals surface area contributed by atoms with E-state index in [1.165, 1.54) is 29.7 Å². The van der Waals surface area contributed by atoms with E-state index >= 15 is 0 Å². The molecule has 2 aliphatic rings. The van der Waals surface area contributed by atoms with Gasteiger partial charge in [-0.3, -0.25) is 4.90 Å². The highest BCUT2D eigenvalue weighted by Gasteiger charge is 2.40. The maximum Gasteiger partial charge on any atom is 0.312 e. The van der Waals surface area contributed by atoms with E-state index in [1.54, 1.807) is 0 Å². The van der Waals surface area contributed by atoms with Crippen molar-refractivity contribution in [1.29, 1.82) is 0 Å². The van der Waals surface area contributed by atoms with E-state index in [1.807, 2.05) is 30.3 Å². The molecular formula is C22H23ClN4O2S. The van der Waals surface area contributed by atoms with Gasteiger partial charge in [-0.25, -0.2) is 9.78 Å². The van der Waals surface area contributed by atoms with Crippen molar-refractivity contribution in [2.75, 3.05) is 0 Å². The molecule has 3 aromatic rings. The van der Waals surface area contributed by atoms with E-state index in [0.717, 1.165) is 35.4 Å². The lowest BCUT2D eigenvalue weighted by Crippen LogP contribution is -2.51. The average Bonchev–Trinajstić information content (AvgIpc) is 3.19. The fourth-order valence-corrected chi connectivity index (χ4v) is 5.73. The van der Waals surface area contributed by atoms with Crippen LogP contribution in [0.4, 0.5) is 4.79 Å². The van der Waals surface area contributed by atoms with Crippen LogP contribution in [0, 0.1) is 0 Å². The number of nitrogens with zero attached hydrogens (tertiary/aromatic N) is 2. The second kappa shape index (κ2) is 8.06. The van der Waals surface area contributed by atoms with Gasteiger partial charge in [-0.1, -0.05) is 35.1 Å². The summed E-state index contributed by atoms with van der Waals surface area (Å²) in [5, 5.41) is 4.18. The molecule has 1 aromatic heterocycles. The first-order chi connectivity index (χ1) is 14.5. The predicted octanol–water partition coefficient (Wildman–Crippen LogP) is 4.91. The number of rotatable bonds is 5. The molecule has 0 radical (unpaired) electrons. The second-order valence-corrected chi connectivity index (χ2v) is 9.50. The summed E-state index contributed by atoms with van der Waals surface area (Å²) in [6.07, 6.45) is 4.32. The molecule has 2 aromatic carbocycles. The molecule has 2 saturated heterocycles. The van der Waals surface area contributed by atoms with E-state index < -0.39 is 6.03 Å². The second-order valence-electron chi connectivity index (χ2n) is 8.07. The Bertz CT molecular complexity index is 1060. The van der Waals surface area contributed by atoms with Crippen molar-refractivity contribution in [3.8, 4) is 10.9 Å². The molecule has 0 saturated carbocycles. The van der Waals surface area contributed by atoms with Crippen LogP contribution in [0.5, 0.6) is 10.9 Å². The van der Waals surface area contributed by atoms with Crippen molar-refractivity contribution in [1.82, 2.24) is 15.2 Å². The van der Waals surface area contributed by atoms with Crippen molar-refractivity contribution in [2.24, 2.45) is 5.73 Å². The van der Waals surface area contributed by atoms with Gasteiger partial charge in [0, 0.05) is 29.7 Å². The molecule has 30 heavy (non-hydrogen) atoms. The number of carbonyl (C=O) groups is 1. The minimum Gasteiger partial charge on any atom is -0.431 e. The molecule has 2 aliphatic heterocycles. The largest absolute Gasteiger partial charge is 0.431 e. The summed E-state index contributed by atoms with van der Waals surface area (Å²) in [6, 6.07) is 14.7. The van der Waals surface area contributed by atoms with Crippen LogP contribution in [0.2, 0.25) is 5.02 Å². The number of thiazole rings is 1. The number of halogens is 1. The quantitative estimate of drug-likeness (QED) is 0.588. The summed E-state index contributed by atoms with van der Waals surface area (Å²) >= 11 is 7.54. The monoisotopic (exact) mass is 442 g/mol. The lowest BCUT2D eigenvalue weighted by molar-refractivity contribution is 0.112. The molecule has 8 heteroatoms. The summed E-state index contributed by atoms with van der Waals surface area (Å²) in [5.41, 5.74) is 7.42. The number of piperidine rings is 1. The van der Waals surface area contributed by atoms with Crippen molar-refractivity contribution in [3.63, 3.8) is 0 Å². The molecule has 6 nitrogen and oxygen atoms in total. The van der Waals surface area contributed by atoms with E-state index in [-0.39, 0.29) is 6.04 Å². The Balaban J connectivity index is 1.23. The zero-order chi connectivity index (χ0) is 20.7. The Morgan fingerprint density at radius 2 is 1.93 bits per heavy atom. The van der Waals surface area contributed by atoms with Gasteiger partial charge in [0.1, 0.15) is 5.75 Å². The van der Waals surface area contributed by atoms with Gasteiger partial charge >= 0.3 is 6.03 Å². The number of nitrogens with two attached hydrogens (primary N) is 1. The third-order valence-corrected chi connectivity index (χ3v) is 7.20. The van der Waals surface area contributed by atoms with E-state index in [4.69, 9.17) is 22.1 Å². The Morgan fingerprint density at radius 1 is 1.20 bits per heavy atom. The van der Waals surface area contributed by atoms with Crippen molar-refractivity contribution >= 4 is 39.2 Å².